The van der Waals surface area contributed by atoms with Gasteiger partial charge in [-0.05, 0) is 74.3 Å². The number of ether oxygens (including phenoxy) is 1. The third kappa shape index (κ3) is 6.19. The largest absolute Gasteiger partial charge is 0.490 e. The highest BCUT2D eigenvalue weighted by Crippen LogP contribution is 2.42. The Bertz CT molecular complexity index is 557. The molecule has 1 nitrogen and oxygen atoms in total. The minimum atomic E-state index is -0.598. The first-order chi connectivity index (χ1) is 13.2. The van der Waals surface area contributed by atoms with Gasteiger partial charge in [0, 0.05) is 6.07 Å². The van der Waals surface area contributed by atoms with E-state index in [0.717, 1.165) is 23.8 Å². The second kappa shape index (κ2) is 10.4. The number of halogens is 2. The second-order valence-corrected chi connectivity index (χ2v) is 8.94. The highest BCUT2D eigenvalue weighted by molar-refractivity contribution is 5.24. The third-order valence-corrected chi connectivity index (χ3v) is 7.03. The van der Waals surface area contributed by atoms with Crippen molar-refractivity contribution < 1.29 is 13.5 Å². The van der Waals surface area contributed by atoms with Crippen molar-refractivity contribution in [3.63, 3.8) is 0 Å². The minimum absolute atomic E-state index is 0.180. The Morgan fingerprint density at radius 3 is 2.07 bits per heavy atom. The molecule has 2 saturated carbocycles. The van der Waals surface area contributed by atoms with E-state index in [1.807, 2.05) is 0 Å². The van der Waals surface area contributed by atoms with Gasteiger partial charge in [-0.2, -0.15) is 0 Å². The molecule has 2 aliphatic rings. The third-order valence-electron chi connectivity index (χ3n) is 7.03. The zero-order valence-corrected chi connectivity index (χ0v) is 16.9. The van der Waals surface area contributed by atoms with E-state index in [1.54, 1.807) is 0 Å². The van der Waals surface area contributed by atoms with Crippen LogP contribution < -0.4 is 4.74 Å². The van der Waals surface area contributed by atoms with Gasteiger partial charge in [0.1, 0.15) is 5.82 Å². The lowest BCUT2D eigenvalue weighted by molar-refractivity contribution is 0.120. The maximum Gasteiger partial charge on any atom is 0.167 e. The van der Waals surface area contributed by atoms with Crippen molar-refractivity contribution in [1.29, 1.82) is 0 Å². The summed E-state index contributed by atoms with van der Waals surface area (Å²) in [5.74, 6) is 2.35. The molecule has 0 aliphatic heterocycles. The van der Waals surface area contributed by atoms with E-state index in [0.29, 0.717) is 12.5 Å². The van der Waals surface area contributed by atoms with Crippen LogP contribution in [0.5, 0.6) is 5.75 Å². The lowest BCUT2D eigenvalue weighted by atomic mass is 9.69. The van der Waals surface area contributed by atoms with E-state index >= 15 is 0 Å². The summed E-state index contributed by atoms with van der Waals surface area (Å²) < 4.78 is 32.3. The summed E-state index contributed by atoms with van der Waals surface area (Å²) in [6.45, 7) is 2.84. The van der Waals surface area contributed by atoms with E-state index in [1.165, 1.54) is 89.2 Å². The molecule has 0 radical (unpaired) electrons. The molecule has 0 amide bonds. The highest BCUT2D eigenvalue weighted by Gasteiger charge is 2.31. The average Bonchev–Trinajstić information content (AvgIpc) is 2.69. The summed E-state index contributed by atoms with van der Waals surface area (Å²) >= 11 is 0. The molecule has 3 heteroatoms. The van der Waals surface area contributed by atoms with Crippen molar-refractivity contribution in [2.45, 2.75) is 84.0 Å². The van der Waals surface area contributed by atoms with Gasteiger partial charge in [0.05, 0.1) is 6.61 Å². The van der Waals surface area contributed by atoms with Crippen molar-refractivity contribution in [2.75, 3.05) is 6.61 Å². The van der Waals surface area contributed by atoms with Crippen LogP contribution in [0.25, 0.3) is 0 Å². The fourth-order valence-electron chi connectivity index (χ4n) is 5.26. The fourth-order valence-corrected chi connectivity index (χ4v) is 5.26. The SMILES string of the molecule is CCCCCC1CCC(C2CCC(COc3ccc(F)cc3F)CC2)CC1. The Labute approximate surface area is 163 Å². The Kier molecular flexibility index (Phi) is 7.96. The molecule has 2 fully saturated rings. The van der Waals surface area contributed by atoms with Gasteiger partial charge in [0.2, 0.25) is 0 Å². The predicted molar refractivity (Wildman–Crippen MR) is 107 cm³/mol. The molecular weight excluding hydrogens is 342 g/mol. The van der Waals surface area contributed by atoms with Crippen LogP contribution in [-0.2, 0) is 0 Å². The summed E-state index contributed by atoms with van der Waals surface area (Å²) in [4.78, 5) is 0. The van der Waals surface area contributed by atoms with Crippen LogP contribution in [0.4, 0.5) is 8.78 Å². The maximum atomic E-state index is 13.7. The summed E-state index contributed by atoms with van der Waals surface area (Å²) in [5.41, 5.74) is 0. The van der Waals surface area contributed by atoms with E-state index < -0.39 is 11.6 Å². The molecule has 27 heavy (non-hydrogen) atoms. The number of hydrogen-bond acceptors (Lipinski definition) is 1. The van der Waals surface area contributed by atoms with Gasteiger partial charge in [-0.3, -0.25) is 0 Å². The zero-order valence-electron chi connectivity index (χ0n) is 16.9. The normalized spacial score (nSPS) is 28.9. The van der Waals surface area contributed by atoms with E-state index in [9.17, 15) is 8.78 Å². The lowest BCUT2D eigenvalue weighted by Crippen LogP contribution is -2.27. The molecule has 0 saturated heterocycles. The number of hydrogen-bond donors (Lipinski definition) is 0. The molecule has 3 rings (SSSR count). The first-order valence-corrected chi connectivity index (χ1v) is 11.2. The van der Waals surface area contributed by atoms with E-state index in [2.05, 4.69) is 6.92 Å². The molecule has 0 spiro atoms. The maximum absolute atomic E-state index is 13.7. The summed E-state index contributed by atoms with van der Waals surface area (Å²) in [5, 5.41) is 0. The van der Waals surface area contributed by atoms with Crippen LogP contribution in [0.1, 0.15) is 84.0 Å². The molecule has 1 aromatic carbocycles. The molecule has 1 aromatic rings. The minimum Gasteiger partial charge on any atom is -0.490 e. The first kappa shape index (κ1) is 20.6. The van der Waals surface area contributed by atoms with Crippen molar-refractivity contribution in [3.05, 3.63) is 29.8 Å². The standard InChI is InChI=1S/C24H36F2O/c1-2-3-4-5-18-6-10-20(11-7-18)21-12-8-19(9-13-21)17-27-24-15-14-22(25)16-23(24)26/h14-16,18-21H,2-13,17H2,1H3. The Hall–Kier alpha value is -1.12. The quantitative estimate of drug-likeness (QED) is 0.425. The van der Waals surface area contributed by atoms with Gasteiger partial charge in [-0.25, -0.2) is 8.78 Å². The number of rotatable bonds is 8. The van der Waals surface area contributed by atoms with Gasteiger partial charge < -0.3 is 4.74 Å². The van der Waals surface area contributed by atoms with E-state index in [4.69, 9.17) is 4.74 Å². The molecule has 152 valence electrons. The van der Waals surface area contributed by atoms with Gasteiger partial charge in [-0.1, -0.05) is 45.4 Å². The monoisotopic (exact) mass is 378 g/mol. The molecule has 0 heterocycles. The predicted octanol–water partition coefficient (Wildman–Crippen LogP) is 7.54. The first-order valence-electron chi connectivity index (χ1n) is 11.2. The summed E-state index contributed by atoms with van der Waals surface area (Å²) in [6, 6.07) is 3.55. The summed E-state index contributed by atoms with van der Waals surface area (Å²) in [7, 11) is 0. The molecule has 0 bridgehead atoms. The van der Waals surface area contributed by atoms with Gasteiger partial charge >= 0.3 is 0 Å². The Morgan fingerprint density at radius 1 is 0.852 bits per heavy atom. The molecule has 0 unspecified atom stereocenters. The number of benzene rings is 1. The van der Waals surface area contributed by atoms with Crippen LogP contribution >= 0.6 is 0 Å². The van der Waals surface area contributed by atoms with Crippen LogP contribution in [0, 0.1) is 35.3 Å². The summed E-state index contributed by atoms with van der Waals surface area (Å²) in [6.07, 6.45) is 16.3. The van der Waals surface area contributed by atoms with Gasteiger partial charge in [-0.15, -0.1) is 0 Å². The van der Waals surface area contributed by atoms with Crippen molar-refractivity contribution in [3.8, 4) is 5.75 Å². The molecule has 2 aliphatic carbocycles. The van der Waals surface area contributed by atoms with Crippen LogP contribution in [0.3, 0.4) is 0 Å². The Morgan fingerprint density at radius 2 is 1.48 bits per heavy atom. The van der Waals surface area contributed by atoms with Crippen molar-refractivity contribution in [1.82, 2.24) is 0 Å². The number of unbranched alkanes of at least 4 members (excludes halogenated alkanes) is 2. The smallest absolute Gasteiger partial charge is 0.167 e. The van der Waals surface area contributed by atoms with Crippen LogP contribution in [-0.4, -0.2) is 6.61 Å². The highest BCUT2D eigenvalue weighted by atomic mass is 19.1. The van der Waals surface area contributed by atoms with Crippen molar-refractivity contribution in [2.24, 2.45) is 23.7 Å². The average molecular weight is 379 g/mol. The van der Waals surface area contributed by atoms with Gasteiger partial charge in [0.25, 0.3) is 0 Å². The molecule has 0 N–H and O–H groups in total. The molecule has 0 atom stereocenters. The molecule has 0 aromatic heterocycles. The topological polar surface area (TPSA) is 9.23 Å². The zero-order chi connectivity index (χ0) is 19.1. The van der Waals surface area contributed by atoms with Crippen molar-refractivity contribution >= 4 is 0 Å². The van der Waals surface area contributed by atoms with Gasteiger partial charge in [0.15, 0.2) is 11.6 Å². The Balaban J connectivity index is 1.34. The lowest BCUT2D eigenvalue weighted by Gasteiger charge is -2.38. The fraction of sp³-hybridized carbons (Fsp3) is 0.750. The van der Waals surface area contributed by atoms with E-state index in [-0.39, 0.29) is 5.75 Å². The van der Waals surface area contributed by atoms with Crippen LogP contribution in [0.15, 0.2) is 18.2 Å². The van der Waals surface area contributed by atoms with Crippen LogP contribution in [0.2, 0.25) is 0 Å². The second-order valence-electron chi connectivity index (χ2n) is 8.94. The molecular formula is C24H36F2O.